The summed E-state index contributed by atoms with van der Waals surface area (Å²) < 4.78 is 32.0. The summed E-state index contributed by atoms with van der Waals surface area (Å²) in [6, 6.07) is 7.90. The molecule has 0 aliphatic heterocycles. The average molecular weight is 392 g/mol. The van der Waals surface area contributed by atoms with E-state index in [1.807, 2.05) is 30.5 Å². The molecule has 1 heterocycles. The Morgan fingerprint density at radius 2 is 1.74 bits per heavy atom. The van der Waals surface area contributed by atoms with Crippen molar-refractivity contribution in [2.24, 2.45) is 0 Å². The second-order valence-electron chi connectivity index (χ2n) is 8.19. The summed E-state index contributed by atoms with van der Waals surface area (Å²) in [5.41, 5.74) is 2.06. The Bertz CT molecular complexity index is 859. The molecule has 7 heteroatoms. The molecule has 2 aromatic rings. The lowest BCUT2D eigenvalue weighted by atomic mass is 9.86. The number of ether oxygens (including phenoxy) is 1. The van der Waals surface area contributed by atoms with Gasteiger partial charge in [0, 0.05) is 12.0 Å². The number of methoxy groups -OCH3 is 1. The summed E-state index contributed by atoms with van der Waals surface area (Å²) in [5, 5.41) is 0. The molecule has 0 amide bonds. The number of benzene rings is 1. The standard InChI is InChI=1S/C20H29N3O3S/c1-20(2,3)27(24,25)23-16-9-5-15(6-10-16)19-21-13-18(22-19)14-7-11-17(26-4)12-8-14/h7-8,11-13,15-16,23H,5-6,9-10H2,1-4H3,(H,21,22). The zero-order valence-electron chi connectivity index (χ0n) is 16.5. The molecule has 27 heavy (non-hydrogen) atoms. The molecule has 2 N–H and O–H groups in total. The van der Waals surface area contributed by atoms with Crippen molar-refractivity contribution in [3.05, 3.63) is 36.3 Å². The van der Waals surface area contributed by atoms with Gasteiger partial charge in [0.25, 0.3) is 0 Å². The van der Waals surface area contributed by atoms with Crippen LogP contribution in [0.15, 0.2) is 30.5 Å². The van der Waals surface area contributed by atoms with E-state index in [0.29, 0.717) is 5.92 Å². The molecule has 1 saturated carbocycles. The minimum Gasteiger partial charge on any atom is -0.497 e. The Morgan fingerprint density at radius 1 is 1.11 bits per heavy atom. The maximum atomic E-state index is 12.3. The van der Waals surface area contributed by atoms with Crippen LogP contribution in [-0.2, 0) is 10.0 Å². The lowest BCUT2D eigenvalue weighted by Crippen LogP contribution is -2.45. The van der Waals surface area contributed by atoms with Crippen molar-refractivity contribution in [1.29, 1.82) is 0 Å². The van der Waals surface area contributed by atoms with Gasteiger partial charge in [0.05, 0.1) is 23.7 Å². The molecule has 0 atom stereocenters. The van der Waals surface area contributed by atoms with Crippen molar-refractivity contribution in [1.82, 2.24) is 14.7 Å². The fourth-order valence-electron chi connectivity index (χ4n) is 3.34. The van der Waals surface area contributed by atoms with Crippen molar-refractivity contribution in [2.45, 2.75) is 63.2 Å². The lowest BCUT2D eigenvalue weighted by Gasteiger charge is -2.30. The molecule has 0 unspecified atom stereocenters. The van der Waals surface area contributed by atoms with E-state index in [2.05, 4.69) is 14.7 Å². The minimum atomic E-state index is -3.30. The first-order chi connectivity index (χ1) is 12.7. The van der Waals surface area contributed by atoms with Crippen LogP contribution < -0.4 is 9.46 Å². The molecule has 6 nitrogen and oxygen atoms in total. The normalized spacial score (nSPS) is 21.2. The number of nitrogens with one attached hydrogen (secondary N) is 2. The first kappa shape index (κ1) is 19.9. The zero-order valence-corrected chi connectivity index (χ0v) is 17.3. The highest BCUT2D eigenvalue weighted by atomic mass is 32.2. The van der Waals surface area contributed by atoms with Crippen LogP contribution in [0.5, 0.6) is 5.75 Å². The third-order valence-corrected chi connectivity index (χ3v) is 7.49. The van der Waals surface area contributed by atoms with E-state index in [0.717, 1.165) is 48.5 Å². The third kappa shape index (κ3) is 4.52. The number of aromatic nitrogens is 2. The fraction of sp³-hybridized carbons (Fsp3) is 0.550. The van der Waals surface area contributed by atoms with Gasteiger partial charge < -0.3 is 9.72 Å². The number of rotatable bonds is 5. The van der Waals surface area contributed by atoms with Gasteiger partial charge in [-0.3, -0.25) is 0 Å². The summed E-state index contributed by atoms with van der Waals surface area (Å²) in [6.45, 7) is 5.18. The summed E-state index contributed by atoms with van der Waals surface area (Å²) in [7, 11) is -1.65. The van der Waals surface area contributed by atoms with Crippen LogP contribution in [-0.4, -0.2) is 36.3 Å². The lowest BCUT2D eigenvalue weighted by molar-refractivity contribution is 0.364. The van der Waals surface area contributed by atoms with E-state index in [-0.39, 0.29) is 6.04 Å². The maximum Gasteiger partial charge on any atom is 0.216 e. The van der Waals surface area contributed by atoms with E-state index in [1.165, 1.54) is 0 Å². The number of H-pyrrole nitrogens is 1. The Balaban J connectivity index is 1.61. The summed E-state index contributed by atoms with van der Waals surface area (Å²) in [6.07, 6.45) is 5.38. The Hall–Kier alpha value is -1.86. The predicted molar refractivity (Wildman–Crippen MR) is 107 cm³/mol. The van der Waals surface area contributed by atoms with Crippen LogP contribution in [0.1, 0.15) is 58.2 Å². The molecular formula is C20H29N3O3S. The van der Waals surface area contributed by atoms with Crippen molar-refractivity contribution in [3.63, 3.8) is 0 Å². The minimum absolute atomic E-state index is 0.0153. The van der Waals surface area contributed by atoms with Gasteiger partial charge in [-0.05, 0) is 76.3 Å². The highest BCUT2D eigenvalue weighted by molar-refractivity contribution is 7.90. The topological polar surface area (TPSA) is 84.1 Å². The van der Waals surface area contributed by atoms with Gasteiger partial charge >= 0.3 is 0 Å². The highest BCUT2D eigenvalue weighted by Gasteiger charge is 2.33. The first-order valence-electron chi connectivity index (χ1n) is 9.41. The monoisotopic (exact) mass is 391 g/mol. The van der Waals surface area contributed by atoms with Crippen molar-refractivity contribution >= 4 is 10.0 Å². The van der Waals surface area contributed by atoms with E-state index < -0.39 is 14.8 Å². The molecule has 3 rings (SSSR count). The van der Waals surface area contributed by atoms with Gasteiger partial charge in [-0.15, -0.1) is 0 Å². The average Bonchev–Trinajstić information content (AvgIpc) is 3.11. The van der Waals surface area contributed by atoms with Crippen LogP contribution in [0.2, 0.25) is 0 Å². The second kappa shape index (κ2) is 7.64. The fourth-order valence-corrected chi connectivity index (χ4v) is 4.37. The second-order valence-corrected chi connectivity index (χ2v) is 10.7. The molecule has 1 aromatic heterocycles. The molecule has 148 valence electrons. The van der Waals surface area contributed by atoms with Crippen LogP contribution in [0.25, 0.3) is 11.3 Å². The molecule has 1 aliphatic carbocycles. The number of nitrogens with zero attached hydrogens (tertiary/aromatic N) is 1. The molecule has 0 bridgehead atoms. The SMILES string of the molecule is COc1ccc(-c2cnc(C3CCC(NS(=O)(=O)C(C)(C)C)CC3)[nH]2)cc1. The Kier molecular flexibility index (Phi) is 5.63. The molecule has 1 aromatic carbocycles. The largest absolute Gasteiger partial charge is 0.497 e. The summed E-state index contributed by atoms with van der Waals surface area (Å²) in [4.78, 5) is 8.01. The van der Waals surface area contributed by atoms with Gasteiger partial charge in [0.1, 0.15) is 11.6 Å². The molecule has 0 radical (unpaired) electrons. The first-order valence-corrected chi connectivity index (χ1v) is 10.9. The number of hydrogen-bond donors (Lipinski definition) is 2. The molecular weight excluding hydrogens is 362 g/mol. The van der Waals surface area contributed by atoms with Crippen LogP contribution >= 0.6 is 0 Å². The van der Waals surface area contributed by atoms with Crippen LogP contribution in [0.4, 0.5) is 0 Å². The predicted octanol–water partition coefficient (Wildman–Crippen LogP) is 3.83. The summed E-state index contributed by atoms with van der Waals surface area (Å²) in [5.74, 6) is 2.15. The van der Waals surface area contributed by atoms with Gasteiger partial charge in [-0.1, -0.05) is 0 Å². The Labute approximate surface area is 161 Å². The van der Waals surface area contributed by atoms with Crippen LogP contribution in [0.3, 0.4) is 0 Å². The molecule has 1 fully saturated rings. The van der Waals surface area contributed by atoms with E-state index in [4.69, 9.17) is 4.74 Å². The van der Waals surface area contributed by atoms with Crippen molar-refractivity contribution < 1.29 is 13.2 Å². The van der Waals surface area contributed by atoms with E-state index >= 15 is 0 Å². The molecule has 0 spiro atoms. The van der Waals surface area contributed by atoms with Gasteiger partial charge in [-0.25, -0.2) is 18.1 Å². The van der Waals surface area contributed by atoms with Gasteiger partial charge in [0.15, 0.2) is 0 Å². The number of hydrogen-bond acceptors (Lipinski definition) is 4. The number of sulfonamides is 1. The van der Waals surface area contributed by atoms with Crippen molar-refractivity contribution in [2.75, 3.05) is 7.11 Å². The number of imidazole rings is 1. The smallest absolute Gasteiger partial charge is 0.216 e. The third-order valence-electron chi connectivity index (χ3n) is 5.24. The van der Waals surface area contributed by atoms with Gasteiger partial charge in [-0.2, -0.15) is 0 Å². The van der Waals surface area contributed by atoms with E-state index in [1.54, 1.807) is 27.9 Å². The van der Waals surface area contributed by atoms with Gasteiger partial charge in [0.2, 0.25) is 10.0 Å². The Morgan fingerprint density at radius 3 is 2.30 bits per heavy atom. The summed E-state index contributed by atoms with van der Waals surface area (Å²) >= 11 is 0. The van der Waals surface area contributed by atoms with Crippen molar-refractivity contribution in [3.8, 4) is 17.0 Å². The molecule has 0 saturated heterocycles. The maximum absolute atomic E-state index is 12.3. The quantitative estimate of drug-likeness (QED) is 0.811. The zero-order chi connectivity index (χ0) is 19.7. The highest BCUT2D eigenvalue weighted by Crippen LogP contribution is 2.33. The van der Waals surface area contributed by atoms with E-state index in [9.17, 15) is 8.42 Å². The van der Waals surface area contributed by atoms with Crippen LogP contribution in [0, 0.1) is 0 Å². The molecule has 1 aliphatic rings. The number of aromatic amines is 1.